The largest absolute Gasteiger partial charge is 0.344 e. The highest BCUT2D eigenvalue weighted by Gasteiger charge is 2.17. The van der Waals surface area contributed by atoms with Crippen LogP contribution in [0.2, 0.25) is 0 Å². The summed E-state index contributed by atoms with van der Waals surface area (Å²) >= 11 is 0. The molecule has 0 bridgehead atoms. The molecule has 0 aromatic carbocycles. The van der Waals surface area contributed by atoms with E-state index in [0.29, 0.717) is 18.2 Å². The summed E-state index contributed by atoms with van der Waals surface area (Å²) in [7, 11) is 1.71. The maximum atomic E-state index is 12.0. The van der Waals surface area contributed by atoms with Gasteiger partial charge in [-0.05, 0) is 13.3 Å². The molecule has 7 heteroatoms. The third-order valence-corrected chi connectivity index (χ3v) is 3.31. The quantitative estimate of drug-likeness (QED) is 0.855. The zero-order valence-corrected chi connectivity index (χ0v) is 11.1. The molecule has 1 amide bonds. The van der Waals surface area contributed by atoms with Gasteiger partial charge in [0.25, 0.3) is 5.91 Å². The second-order valence-corrected chi connectivity index (χ2v) is 4.71. The highest BCUT2D eigenvalue weighted by Crippen LogP contribution is 2.15. The van der Waals surface area contributed by atoms with E-state index in [2.05, 4.69) is 25.0 Å². The van der Waals surface area contributed by atoms with E-state index in [0.717, 1.165) is 30.9 Å². The van der Waals surface area contributed by atoms with E-state index in [1.165, 1.54) is 4.68 Å². The number of nitrogens with one attached hydrogen (secondary N) is 1. The Morgan fingerprint density at radius 2 is 2.37 bits per heavy atom. The Bertz CT molecular complexity index is 626. The lowest BCUT2D eigenvalue weighted by Crippen LogP contribution is -2.27. The first kappa shape index (κ1) is 11.9. The van der Waals surface area contributed by atoms with Gasteiger partial charge in [-0.15, -0.1) is 0 Å². The molecule has 2 aromatic rings. The fourth-order valence-electron chi connectivity index (χ4n) is 2.42. The van der Waals surface area contributed by atoms with Crippen LogP contribution in [0.25, 0.3) is 0 Å². The first-order valence-corrected chi connectivity index (χ1v) is 6.34. The number of hydrogen-bond acceptors (Lipinski definition) is 4. The Balaban J connectivity index is 1.69. The number of carbonyl (C=O) groups is 1. The van der Waals surface area contributed by atoms with Crippen LogP contribution < -0.4 is 5.32 Å². The van der Waals surface area contributed by atoms with Crippen LogP contribution >= 0.6 is 0 Å². The third-order valence-electron chi connectivity index (χ3n) is 3.31. The first-order valence-electron chi connectivity index (χ1n) is 6.34. The van der Waals surface area contributed by atoms with Gasteiger partial charge in [0, 0.05) is 20.0 Å². The lowest BCUT2D eigenvalue weighted by Gasteiger charge is -2.06. The Morgan fingerprint density at radius 1 is 1.53 bits per heavy atom. The van der Waals surface area contributed by atoms with Crippen molar-refractivity contribution in [1.29, 1.82) is 0 Å². The molecule has 19 heavy (non-hydrogen) atoms. The third kappa shape index (κ3) is 2.11. The van der Waals surface area contributed by atoms with Gasteiger partial charge in [0.15, 0.2) is 0 Å². The van der Waals surface area contributed by atoms with Gasteiger partial charge in [-0.25, -0.2) is 14.6 Å². The summed E-state index contributed by atoms with van der Waals surface area (Å²) < 4.78 is 3.66. The molecule has 0 saturated heterocycles. The number of imidazole rings is 1. The topological polar surface area (TPSA) is 77.6 Å². The summed E-state index contributed by atoms with van der Waals surface area (Å²) in [6, 6.07) is 0. The Morgan fingerprint density at radius 3 is 3.11 bits per heavy atom. The van der Waals surface area contributed by atoms with E-state index >= 15 is 0 Å². The molecule has 0 unspecified atom stereocenters. The second kappa shape index (κ2) is 4.49. The fourth-order valence-corrected chi connectivity index (χ4v) is 2.42. The number of carbonyl (C=O) groups excluding carboxylic acids is 1. The van der Waals surface area contributed by atoms with Crippen LogP contribution in [0, 0.1) is 6.92 Å². The van der Waals surface area contributed by atoms with Crippen molar-refractivity contribution in [2.45, 2.75) is 32.9 Å². The second-order valence-electron chi connectivity index (χ2n) is 4.71. The maximum absolute atomic E-state index is 12.0. The van der Waals surface area contributed by atoms with Crippen LogP contribution in [-0.2, 0) is 26.6 Å². The highest BCUT2D eigenvalue weighted by molar-refractivity contribution is 5.90. The molecule has 0 saturated carbocycles. The van der Waals surface area contributed by atoms with Gasteiger partial charge < -0.3 is 9.88 Å². The van der Waals surface area contributed by atoms with Gasteiger partial charge in [-0.2, -0.15) is 5.10 Å². The van der Waals surface area contributed by atoms with Gasteiger partial charge in [-0.3, -0.25) is 4.79 Å². The van der Waals surface area contributed by atoms with Crippen LogP contribution in [0.4, 0.5) is 0 Å². The smallest absolute Gasteiger partial charge is 0.289 e. The van der Waals surface area contributed by atoms with E-state index in [4.69, 9.17) is 0 Å². The zero-order valence-electron chi connectivity index (χ0n) is 11.1. The Labute approximate surface area is 110 Å². The summed E-state index contributed by atoms with van der Waals surface area (Å²) in [4.78, 5) is 20.5. The van der Waals surface area contributed by atoms with Gasteiger partial charge in [0.05, 0.1) is 18.4 Å². The van der Waals surface area contributed by atoms with E-state index in [-0.39, 0.29) is 5.91 Å². The van der Waals surface area contributed by atoms with Gasteiger partial charge in [0.2, 0.25) is 5.82 Å². The standard InChI is InChI=1S/C12H16N6O/c1-8-15-11(17(2)16-8)12(19)14-7-9-6-13-10-4-3-5-18(9)10/h6H,3-5,7H2,1-2H3,(H,14,19). The van der Waals surface area contributed by atoms with Crippen LogP contribution in [-0.4, -0.2) is 30.2 Å². The highest BCUT2D eigenvalue weighted by atomic mass is 16.2. The first-order chi connectivity index (χ1) is 9.15. The Kier molecular flexibility index (Phi) is 2.81. The fraction of sp³-hybridized carbons (Fsp3) is 0.500. The zero-order chi connectivity index (χ0) is 13.4. The summed E-state index contributed by atoms with van der Waals surface area (Å²) in [5, 5.41) is 6.92. The minimum atomic E-state index is -0.211. The molecule has 0 spiro atoms. The summed E-state index contributed by atoms with van der Waals surface area (Å²) in [6.45, 7) is 3.22. The molecule has 0 aliphatic carbocycles. The average molecular weight is 260 g/mol. The van der Waals surface area contributed by atoms with E-state index in [9.17, 15) is 4.79 Å². The summed E-state index contributed by atoms with van der Waals surface area (Å²) in [6.07, 6.45) is 3.99. The molecular weight excluding hydrogens is 244 g/mol. The van der Waals surface area contributed by atoms with Crippen LogP contribution in [0.15, 0.2) is 6.20 Å². The minimum Gasteiger partial charge on any atom is -0.344 e. The molecule has 3 rings (SSSR count). The maximum Gasteiger partial charge on any atom is 0.289 e. The molecule has 100 valence electrons. The Hall–Kier alpha value is -2.18. The lowest BCUT2D eigenvalue weighted by molar-refractivity contribution is 0.0935. The van der Waals surface area contributed by atoms with Crippen molar-refractivity contribution in [2.75, 3.05) is 0 Å². The summed E-state index contributed by atoms with van der Waals surface area (Å²) in [5.41, 5.74) is 1.04. The number of aryl methyl sites for hydroxylation is 3. The van der Waals surface area contributed by atoms with Crippen LogP contribution in [0.3, 0.4) is 0 Å². The van der Waals surface area contributed by atoms with Crippen molar-refractivity contribution in [1.82, 2.24) is 29.6 Å². The van der Waals surface area contributed by atoms with Crippen molar-refractivity contribution in [3.63, 3.8) is 0 Å². The monoisotopic (exact) mass is 260 g/mol. The predicted molar refractivity (Wildman–Crippen MR) is 67.5 cm³/mol. The SMILES string of the molecule is Cc1nc(C(=O)NCc2cnc3n2CCC3)n(C)n1. The van der Waals surface area contributed by atoms with Crippen molar-refractivity contribution < 1.29 is 4.79 Å². The summed E-state index contributed by atoms with van der Waals surface area (Å²) in [5.74, 6) is 1.83. The van der Waals surface area contributed by atoms with E-state index < -0.39 is 0 Å². The molecule has 7 nitrogen and oxygen atoms in total. The molecular formula is C12H16N6O. The van der Waals surface area contributed by atoms with Gasteiger partial charge in [0.1, 0.15) is 11.6 Å². The van der Waals surface area contributed by atoms with Crippen molar-refractivity contribution in [2.24, 2.45) is 7.05 Å². The molecule has 0 atom stereocenters. The molecule has 3 heterocycles. The van der Waals surface area contributed by atoms with Gasteiger partial charge in [-0.1, -0.05) is 0 Å². The number of fused-ring (bicyclic) bond motifs is 1. The number of rotatable bonds is 3. The number of amides is 1. The molecule has 0 fully saturated rings. The molecule has 1 aliphatic heterocycles. The number of aromatic nitrogens is 5. The van der Waals surface area contributed by atoms with E-state index in [1.54, 1.807) is 14.0 Å². The van der Waals surface area contributed by atoms with Gasteiger partial charge >= 0.3 is 0 Å². The van der Waals surface area contributed by atoms with Crippen LogP contribution in [0.5, 0.6) is 0 Å². The molecule has 1 aliphatic rings. The predicted octanol–water partition coefficient (Wildman–Crippen LogP) is 0.196. The average Bonchev–Trinajstić information content (AvgIpc) is 3.02. The number of nitrogens with zero attached hydrogens (tertiary/aromatic N) is 5. The van der Waals surface area contributed by atoms with Crippen LogP contribution in [0.1, 0.15) is 34.4 Å². The van der Waals surface area contributed by atoms with E-state index in [1.807, 2.05) is 6.20 Å². The minimum absolute atomic E-state index is 0.211. The lowest BCUT2D eigenvalue weighted by atomic mass is 10.3. The number of hydrogen-bond donors (Lipinski definition) is 1. The molecule has 0 radical (unpaired) electrons. The van der Waals surface area contributed by atoms with Crippen molar-refractivity contribution in [3.05, 3.63) is 29.4 Å². The molecule has 2 aromatic heterocycles. The van der Waals surface area contributed by atoms with Crippen molar-refractivity contribution >= 4 is 5.91 Å². The normalized spacial score (nSPS) is 13.6. The van der Waals surface area contributed by atoms with Crippen molar-refractivity contribution in [3.8, 4) is 0 Å². The molecule has 1 N–H and O–H groups in total.